The van der Waals surface area contributed by atoms with Crippen LogP contribution in [-0.4, -0.2) is 24.5 Å². The summed E-state index contributed by atoms with van der Waals surface area (Å²) in [7, 11) is 1.47. The molecule has 80 valence electrons. The number of oxime groups is 1. The van der Waals surface area contributed by atoms with Crippen LogP contribution in [0.25, 0.3) is 0 Å². The first kappa shape index (κ1) is 12.1. The van der Waals surface area contributed by atoms with Gasteiger partial charge in [0.25, 0.3) is 0 Å². The van der Waals surface area contributed by atoms with E-state index in [1.165, 1.54) is 7.11 Å². The van der Waals surface area contributed by atoms with Crippen LogP contribution in [0.2, 0.25) is 0 Å². The quantitative estimate of drug-likeness (QED) is 0.467. The average Bonchev–Trinajstić information content (AvgIpc) is 2.18. The first-order chi connectivity index (χ1) is 7.22. The van der Waals surface area contributed by atoms with Crippen molar-refractivity contribution in [1.29, 1.82) is 0 Å². The van der Waals surface area contributed by atoms with Crippen LogP contribution in [0.15, 0.2) is 32.5 Å². The maximum atomic E-state index is 6.04. The van der Waals surface area contributed by atoms with Crippen molar-refractivity contribution in [2.24, 2.45) is 15.9 Å². The standard InChI is InChI=1S/C9H10ClN3OS/c1-14-13-6-2-8(10)7(4-11)9(3-6)12-5-15/h3H,2,4,11H2,1H3. The van der Waals surface area contributed by atoms with E-state index in [0.29, 0.717) is 29.4 Å². The minimum Gasteiger partial charge on any atom is -0.399 e. The van der Waals surface area contributed by atoms with Crippen LogP contribution in [0.5, 0.6) is 0 Å². The molecule has 1 aliphatic carbocycles. The van der Waals surface area contributed by atoms with Gasteiger partial charge in [-0.25, -0.2) is 0 Å². The van der Waals surface area contributed by atoms with Crippen molar-refractivity contribution in [1.82, 2.24) is 0 Å². The van der Waals surface area contributed by atoms with E-state index in [2.05, 4.69) is 32.4 Å². The number of hydrogen-bond acceptors (Lipinski definition) is 5. The Bertz CT molecular complexity index is 394. The van der Waals surface area contributed by atoms with Crippen molar-refractivity contribution < 1.29 is 4.84 Å². The van der Waals surface area contributed by atoms with Gasteiger partial charge in [0.05, 0.1) is 16.6 Å². The lowest BCUT2D eigenvalue weighted by molar-refractivity contribution is 0.213. The van der Waals surface area contributed by atoms with Gasteiger partial charge in [-0.1, -0.05) is 16.8 Å². The lowest BCUT2D eigenvalue weighted by Gasteiger charge is -2.14. The Morgan fingerprint density at radius 3 is 3.00 bits per heavy atom. The molecular weight excluding hydrogens is 234 g/mol. The molecule has 0 amide bonds. The Kier molecular flexibility index (Phi) is 4.65. The van der Waals surface area contributed by atoms with Crippen molar-refractivity contribution in [3.8, 4) is 0 Å². The molecule has 0 aromatic carbocycles. The highest BCUT2D eigenvalue weighted by atomic mass is 35.5. The molecule has 0 spiro atoms. The van der Waals surface area contributed by atoms with Crippen LogP contribution < -0.4 is 5.73 Å². The number of allylic oxidation sites excluding steroid dienone is 2. The van der Waals surface area contributed by atoms with Gasteiger partial charge in [-0.05, 0) is 18.3 Å². The maximum Gasteiger partial charge on any atom is 0.106 e. The summed E-state index contributed by atoms with van der Waals surface area (Å²) >= 11 is 10.6. The normalized spacial score (nSPS) is 18.6. The minimum absolute atomic E-state index is 0.311. The van der Waals surface area contributed by atoms with E-state index >= 15 is 0 Å². The molecule has 6 heteroatoms. The molecule has 0 bridgehead atoms. The molecule has 0 unspecified atom stereocenters. The van der Waals surface area contributed by atoms with E-state index in [4.69, 9.17) is 17.3 Å². The summed E-state index contributed by atoms with van der Waals surface area (Å²) in [5.74, 6) is 0. The number of thiocarbonyl (C=S) groups is 1. The molecule has 0 fully saturated rings. The number of aliphatic imine (C=N–C) groups is 1. The van der Waals surface area contributed by atoms with Crippen LogP contribution in [0, 0.1) is 0 Å². The van der Waals surface area contributed by atoms with Gasteiger partial charge in [-0.3, -0.25) is 0 Å². The zero-order valence-electron chi connectivity index (χ0n) is 8.16. The Morgan fingerprint density at radius 1 is 1.73 bits per heavy atom. The van der Waals surface area contributed by atoms with Gasteiger partial charge >= 0.3 is 0 Å². The second-order valence-electron chi connectivity index (χ2n) is 2.76. The van der Waals surface area contributed by atoms with E-state index in [-0.39, 0.29) is 0 Å². The van der Waals surface area contributed by atoms with E-state index in [0.717, 1.165) is 5.57 Å². The van der Waals surface area contributed by atoms with Crippen LogP contribution in [0.4, 0.5) is 0 Å². The Morgan fingerprint density at radius 2 is 2.47 bits per heavy atom. The third-order valence-corrected chi connectivity index (χ3v) is 2.31. The fraction of sp³-hybridized carbons (Fsp3) is 0.333. The third kappa shape index (κ3) is 2.97. The molecule has 15 heavy (non-hydrogen) atoms. The summed E-state index contributed by atoms with van der Waals surface area (Å²) in [6.07, 6.45) is 2.23. The average molecular weight is 244 g/mol. The Hall–Kier alpha value is -1.00. The van der Waals surface area contributed by atoms with Crippen LogP contribution >= 0.6 is 23.8 Å². The zero-order chi connectivity index (χ0) is 11.3. The summed E-state index contributed by atoms with van der Waals surface area (Å²) in [6, 6.07) is 0. The molecule has 0 aromatic heterocycles. The van der Waals surface area contributed by atoms with Crippen molar-refractivity contribution >= 4 is 34.7 Å². The topological polar surface area (TPSA) is 60.0 Å². The maximum absolute atomic E-state index is 6.04. The van der Waals surface area contributed by atoms with Crippen molar-refractivity contribution in [3.05, 3.63) is 22.4 Å². The molecule has 0 saturated heterocycles. The second kappa shape index (κ2) is 5.78. The smallest absolute Gasteiger partial charge is 0.106 e. The zero-order valence-corrected chi connectivity index (χ0v) is 9.73. The van der Waals surface area contributed by atoms with Gasteiger partial charge in [0, 0.05) is 23.6 Å². The number of halogens is 1. The van der Waals surface area contributed by atoms with Crippen LogP contribution in [-0.2, 0) is 4.84 Å². The molecule has 1 rings (SSSR count). The number of hydrogen-bond donors (Lipinski definition) is 1. The Labute approximate surface area is 98.1 Å². The highest BCUT2D eigenvalue weighted by Crippen LogP contribution is 2.26. The van der Waals surface area contributed by atoms with Crippen LogP contribution in [0.3, 0.4) is 0 Å². The molecule has 0 saturated carbocycles. The Balaban J connectivity index is 3.13. The summed E-state index contributed by atoms with van der Waals surface area (Å²) in [5.41, 5.74) is 7.61. The van der Waals surface area contributed by atoms with E-state index in [9.17, 15) is 0 Å². The third-order valence-electron chi connectivity index (χ3n) is 1.86. The predicted molar refractivity (Wildman–Crippen MR) is 64.1 cm³/mol. The van der Waals surface area contributed by atoms with Crippen molar-refractivity contribution in [2.45, 2.75) is 6.42 Å². The van der Waals surface area contributed by atoms with Gasteiger partial charge in [0.2, 0.25) is 0 Å². The molecule has 0 aromatic rings. The van der Waals surface area contributed by atoms with Gasteiger partial charge in [0.15, 0.2) is 0 Å². The summed E-state index contributed by atoms with van der Waals surface area (Å²) < 4.78 is 0. The first-order valence-electron chi connectivity index (χ1n) is 4.20. The molecule has 0 heterocycles. The molecule has 0 radical (unpaired) electrons. The monoisotopic (exact) mass is 243 g/mol. The number of nitrogens with zero attached hydrogens (tertiary/aromatic N) is 2. The van der Waals surface area contributed by atoms with E-state index in [1.807, 2.05) is 0 Å². The highest BCUT2D eigenvalue weighted by molar-refractivity contribution is 7.78. The molecule has 1 aliphatic rings. The summed E-state index contributed by atoms with van der Waals surface area (Å²) in [6.45, 7) is 0.311. The van der Waals surface area contributed by atoms with E-state index < -0.39 is 0 Å². The van der Waals surface area contributed by atoms with Gasteiger partial charge in [0.1, 0.15) is 7.11 Å². The molecular formula is C9H10ClN3OS. The van der Waals surface area contributed by atoms with Crippen molar-refractivity contribution in [3.63, 3.8) is 0 Å². The van der Waals surface area contributed by atoms with E-state index in [1.54, 1.807) is 6.08 Å². The molecule has 4 nitrogen and oxygen atoms in total. The molecule has 0 atom stereocenters. The minimum atomic E-state index is 0.311. The number of rotatable bonds is 3. The summed E-state index contributed by atoms with van der Waals surface area (Å²) in [5, 5.41) is 6.69. The first-order valence-corrected chi connectivity index (χ1v) is 4.99. The fourth-order valence-electron chi connectivity index (χ4n) is 1.24. The largest absolute Gasteiger partial charge is 0.399 e. The van der Waals surface area contributed by atoms with Crippen molar-refractivity contribution in [2.75, 3.05) is 13.7 Å². The lowest BCUT2D eigenvalue weighted by atomic mass is 10.0. The lowest BCUT2D eigenvalue weighted by Crippen LogP contribution is -2.13. The predicted octanol–water partition coefficient (Wildman–Crippen LogP) is 1.83. The van der Waals surface area contributed by atoms with Gasteiger partial charge in [-0.2, -0.15) is 4.99 Å². The molecule has 2 N–H and O–H groups in total. The second-order valence-corrected chi connectivity index (χ2v) is 3.40. The van der Waals surface area contributed by atoms with Gasteiger partial charge in [-0.15, -0.1) is 0 Å². The van der Waals surface area contributed by atoms with Gasteiger partial charge < -0.3 is 10.6 Å². The van der Waals surface area contributed by atoms with Crippen LogP contribution in [0.1, 0.15) is 6.42 Å². The SMILES string of the molecule is CON=C1C=C(N=C=S)C(CN)=C(Cl)C1. The fourth-order valence-corrected chi connectivity index (χ4v) is 1.65. The number of isothiocyanates is 1. The highest BCUT2D eigenvalue weighted by Gasteiger charge is 2.17. The number of nitrogens with two attached hydrogens (primary N) is 1. The molecule has 0 aliphatic heterocycles. The summed E-state index contributed by atoms with van der Waals surface area (Å²) in [4.78, 5) is 8.55.